The van der Waals surface area contributed by atoms with Gasteiger partial charge in [-0.25, -0.2) is 0 Å². The maximum Gasteiger partial charge on any atom is 0.142 e. The standard InChI is InChI=1S/C19H29NO3/c1-4-23-18-8-7-17(15(3)19(18)20)16-6-5-10-21-12-13-22-11-9-14(16)2/h7-8,16H,2,4-6,9-13,20H2,1,3H3. The molecule has 0 aliphatic carbocycles. The molecule has 1 unspecified atom stereocenters. The lowest BCUT2D eigenvalue weighted by Gasteiger charge is -2.23. The zero-order valence-corrected chi connectivity index (χ0v) is 14.4. The number of nitrogen functional groups attached to an aromatic ring is 1. The zero-order valence-electron chi connectivity index (χ0n) is 14.4. The Morgan fingerprint density at radius 1 is 1.22 bits per heavy atom. The first-order chi connectivity index (χ1) is 11.1. The summed E-state index contributed by atoms with van der Waals surface area (Å²) in [5.41, 5.74) is 10.6. The topological polar surface area (TPSA) is 53.7 Å². The molecule has 0 radical (unpaired) electrons. The lowest BCUT2D eigenvalue weighted by atomic mass is 9.84. The van der Waals surface area contributed by atoms with E-state index in [0.717, 1.165) is 42.9 Å². The van der Waals surface area contributed by atoms with Gasteiger partial charge in [0.25, 0.3) is 0 Å². The third-order valence-corrected chi connectivity index (χ3v) is 4.41. The molecule has 1 aromatic rings. The second kappa shape index (κ2) is 8.94. The van der Waals surface area contributed by atoms with Crippen LogP contribution in [0.5, 0.6) is 5.75 Å². The van der Waals surface area contributed by atoms with Crippen LogP contribution in [0.3, 0.4) is 0 Å². The van der Waals surface area contributed by atoms with Crippen molar-refractivity contribution in [2.24, 2.45) is 0 Å². The van der Waals surface area contributed by atoms with Crippen LogP contribution in [-0.4, -0.2) is 33.0 Å². The molecule has 1 aliphatic heterocycles. The summed E-state index contributed by atoms with van der Waals surface area (Å²) in [4.78, 5) is 0. The Balaban J connectivity index is 2.24. The SMILES string of the molecule is C=C1CCOCCOCCCC1c1ccc(OCC)c(N)c1C. The van der Waals surface area contributed by atoms with Crippen LogP contribution in [0.15, 0.2) is 24.3 Å². The van der Waals surface area contributed by atoms with Crippen molar-refractivity contribution in [3.63, 3.8) is 0 Å². The van der Waals surface area contributed by atoms with E-state index < -0.39 is 0 Å². The first kappa shape index (κ1) is 17.8. The number of nitrogens with two attached hydrogens (primary N) is 1. The van der Waals surface area contributed by atoms with Crippen molar-refractivity contribution >= 4 is 5.69 Å². The summed E-state index contributed by atoms with van der Waals surface area (Å²) in [5, 5.41) is 0. The monoisotopic (exact) mass is 319 g/mol. The number of rotatable bonds is 3. The molecule has 0 amide bonds. The van der Waals surface area contributed by atoms with Gasteiger partial charge in [-0.15, -0.1) is 0 Å². The molecule has 1 atom stereocenters. The maximum absolute atomic E-state index is 6.27. The summed E-state index contributed by atoms with van der Waals surface area (Å²) in [6, 6.07) is 4.11. The molecule has 1 aliphatic rings. The Hall–Kier alpha value is -1.52. The Kier molecular flexibility index (Phi) is 6.93. The molecule has 2 rings (SSSR count). The highest BCUT2D eigenvalue weighted by molar-refractivity contribution is 5.62. The predicted molar refractivity (Wildman–Crippen MR) is 94.1 cm³/mol. The van der Waals surface area contributed by atoms with Crippen molar-refractivity contribution in [2.45, 2.75) is 39.0 Å². The van der Waals surface area contributed by atoms with Gasteiger partial charge >= 0.3 is 0 Å². The van der Waals surface area contributed by atoms with Crippen LogP contribution in [0, 0.1) is 6.92 Å². The maximum atomic E-state index is 6.27. The third-order valence-electron chi connectivity index (χ3n) is 4.41. The molecule has 1 aromatic carbocycles. The van der Waals surface area contributed by atoms with Gasteiger partial charge in [0.2, 0.25) is 0 Å². The van der Waals surface area contributed by atoms with Gasteiger partial charge in [0.1, 0.15) is 5.75 Å². The van der Waals surface area contributed by atoms with E-state index in [1.54, 1.807) is 0 Å². The summed E-state index contributed by atoms with van der Waals surface area (Å²) in [5.74, 6) is 1.06. The summed E-state index contributed by atoms with van der Waals surface area (Å²) in [6.07, 6.45) is 2.90. The average molecular weight is 319 g/mol. The summed E-state index contributed by atoms with van der Waals surface area (Å²) in [6.45, 7) is 11.8. The predicted octanol–water partition coefficient (Wildman–Crippen LogP) is 3.83. The van der Waals surface area contributed by atoms with Gasteiger partial charge < -0.3 is 19.9 Å². The molecule has 23 heavy (non-hydrogen) atoms. The largest absolute Gasteiger partial charge is 0.492 e. The Labute approximate surface area is 139 Å². The fraction of sp³-hybridized carbons (Fsp3) is 0.579. The van der Waals surface area contributed by atoms with Crippen LogP contribution >= 0.6 is 0 Å². The van der Waals surface area contributed by atoms with E-state index in [9.17, 15) is 0 Å². The van der Waals surface area contributed by atoms with Crippen molar-refractivity contribution in [2.75, 3.05) is 38.8 Å². The number of hydrogen-bond donors (Lipinski definition) is 1. The lowest BCUT2D eigenvalue weighted by Crippen LogP contribution is -2.09. The third kappa shape index (κ3) is 4.72. The first-order valence-electron chi connectivity index (χ1n) is 8.50. The van der Waals surface area contributed by atoms with Crippen molar-refractivity contribution in [3.05, 3.63) is 35.4 Å². The summed E-state index contributed by atoms with van der Waals surface area (Å²) < 4.78 is 16.8. The Morgan fingerprint density at radius 2 is 1.96 bits per heavy atom. The van der Waals surface area contributed by atoms with Crippen molar-refractivity contribution in [1.82, 2.24) is 0 Å². The Morgan fingerprint density at radius 3 is 2.70 bits per heavy atom. The highest BCUT2D eigenvalue weighted by Gasteiger charge is 2.20. The van der Waals surface area contributed by atoms with Gasteiger partial charge in [0, 0.05) is 12.5 Å². The van der Waals surface area contributed by atoms with Crippen LogP contribution in [0.4, 0.5) is 5.69 Å². The molecule has 0 aromatic heterocycles. The molecule has 1 heterocycles. The minimum Gasteiger partial charge on any atom is -0.492 e. The van der Waals surface area contributed by atoms with Gasteiger partial charge in [-0.3, -0.25) is 0 Å². The molecule has 4 heteroatoms. The second-order valence-electron chi connectivity index (χ2n) is 5.95. The molecular formula is C19H29NO3. The van der Waals surface area contributed by atoms with E-state index in [0.29, 0.717) is 32.3 Å². The molecule has 1 saturated heterocycles. The van der Waals surface area contributed by atoms with Crippen LogP contribution in [0.25, 0.3) is 0 Å². The van der Waals surface area contributed by atoms with Crippen LogP contribution in [0.2, 0.25) is 0 Å². The number of ether oxygens (including phenoxy) is 3. The highest BCUT2D eigenvalue weighted by Crippen LogP contribution is 2.37. The molecule has 128 valence electrons. The smallest absolute Gasteiger partial charge is 0.142 e. The van der Waals surface area contributed by atoms with E-state index in [4.69, 9.17) is 19.9 Å². The van der Waals surface area contributed by atoms with Gasteiger partial charge in [-0.2, -0.15) is 0 Å². The van der Waals surface area contributed by atoms with Crippen LogP contribution in [0.1, 0.15) is 43.2 Å². The minimum absolute atomic E-state index is 0.290. The lowest BCUT2D eigenvalue weighted by molar-refractivity contribution is 0.0496. The fourth-order valence-corrected chi connectivity index (χ4v) is 3.05. The van der Waals surface area contributed by atoms with Crippen molar-refractivity contribution < 1.29 is 14.2 Å². The van der Waals surface area contributed by atoms with Crippen molar-refractivity contribution in [1.29, 1.82) is 0 Å². The normalized spacial score (nSPS) is 20.8. The second-order valence-corrected chi connectivity index (χ2v) is 5.95. The van der Waals surface area contributed by atoms with E-state index >= 15 is 0 Å². The van der Waals surface area contributed by atoms with Gasteiger partial charge in [-0.1, -0.05) is 18.2 Å². The Bertz CT molecular complexity index is 528. The highest BCUT2D eigenvalue weighted by atomic mass is 16.5. The molecule has 2 N–H and O–H groups in total. The molecule has 4 nitrogen and oxygen atoms in total. The number of hydrogen-bond acceptors (Lipinski definition) is 4. The molecule has 0 bridgehead atoms. The molecule has 1 fully saturated rings. The summed E-state index contributed by atoms with van der Waals surface area (Å²) >= 11 is 0. The molecular weight excluding hydrogens is 290 g/mol. The quantitative estimate of drug-likeness (QED) is 0.679. The van der Waals surface area contributed by atoms with E-state index in [1.165, 1.54) is 11.1 Å². The number of anilines is 1. The molecule has 0 saturated carbocycles. The van der Waals surface area contributed by atoms with Crippen molar-refractivity contribution in [3.8, 4) is 5.75 Å². The van der Waals surface area contributed by atoms with Crippen LogP contribution in [-0.2, 0) is 9.47 Å². The first-order valence-corrected chi connectivity index (χ1v) is 8.50. The number of benzene rings is 1. The van der Waals surface area contributed by atoms with E-state index in [2.05, 4.69) is 19.6 Å². The van der Waals surface area contributed by atoms with Gasteiger partial charge in [0.15, 0.2) is 0 Å². The summed E-state index contributed by atoms with van der Waals surface area (Å²) in [7, 11) is 0. The molecule has 0 spiro atoms. The average Bonchev–Trinajstić information content (AvgIpc) is 2.59. The minimum atomic E-state index is 0.290. The van der Waals surface area contributed by atoms with Gasteiger partial charge in [0.05, 0.1) is 32.1 Å². The zero-order chi connectivity index (χ0) is 16.7. The van der Waals surface area contributed by atoms with E-state index in [-0.39, 0.29) is 0 Å². The van der Waals surface area contributed by atoms with Gasteiger partial charge in [-0.05, 0) is 50.3 Å². The van der Waals surface area contributed by atoms with E-state index in [1.807, 2.05) is 13.0 Å². The fourth-order valence-electron chi connectivity index (χ4n) is 3.05. The van der Waals surface area contributed by atoms with Crippen LogP contribution < -0.4 is 10.5 Å².